The molecule has 0 saturated heterocycles. The zero-order valence-corrected chi connectivity index (χ0v) is 10.0. The number of amides is 1. The lowest BCUT2D eigenvalue weighted by molar-refractivity contribution is -0.145. The summed E-state index contributed by atoms with van der Waals surface area (Å²) in [6.45, 7) is 1.36. The highest BCUT2D eigenvalue weighted by Gasteiger charge is 2.24. The van der Waals surface area contributed by atoms with Gasteiger partial charge in [0, 0.05) is 18.8 Å². The highest BCUT2D eigenvalue weighted by Crippen LogP contribution is 2.21. The number of ether oxygens (including phenoxy) is 1. The van der Waals surface area contributed by atoms with Crippen molar-refractivity contribution in [3.63, 3.8) is 0 Å². The number of hydrogen-bond acceptors (Lipinski definition) is 3. The van der Waals surface area contributed by atoms with E-state index >= 15 is 0 Å². The summed E-state index contributed by atoms with van der Waals surface area (Å²) in [6, 6.07) is 6.88. The van der Waals surface area contributed by atoms with Crippen molar-refractivity contribution in [2.75, 3.05) is 19.1 Å². The molecule has 0 bridgehead atoms. The van der Waals surface area contributed by atoms with Crippen molar-refractivity contribution in [3.8, 4) is 5.75 Å². The molecular formula is C12H15NO4. The summed E-state index contributed by atoms with van der Waals surface area (Å²) in [6.07, 6.45) is 0. The summed E-state index contributed by atoms with van der Waals surface area (Å²) in [7, 11) is 3.07. The van der Waals surface area contributed by atoms with Crippen LogP contribution in [0.15, 0.2) is 24.3 Å². The van der Waals surface area contributed by atoms with E-state index in [9.17, 15) is 9.59 Å². The molecular weight excluding hydrogens is 222 g/mol. The fraction of sp³-hybridized carbons (Fsp3) is 0.333. The van der Waals surface area contributed by atoms with Gasteiger partial charge >= 0.3 is 5.97 Å². The van der Waals surface area contributed by atoms with Gasteiger partial charge < -0.3 is 14.7 Å². The average Bonchev–Trinajstić information content (AvgIpc) is 2.36. The number of carboxylic acids is 1. The Labute approximate surface area is 99.6 Å². The molecule has 1 unspecified atom stereocenters. The first-order chi connectivity index (χ1) is 7.97. The second-order valence-electron chi connectivity index (χ2n) is 3.66. The van der Waals surface area contributed by atoms with Crippen molar-refractivity contribution < 1.29 is 19.4 Å². The SMILES string of the molecule is COc1cccc(N(C)C(=O)C(C)C(=O)O)c1. The largest absolute Gasteiger partial charge is 0.497 e. The minimum Gasteiger partial charge on any atom is -0.497 e. The molecule has 0 heterocycles. The molecule has 1 atom stereocenters. The van der Waals surface area contributed by atoms with E-state index in [1.165, 1.54) is 26.0 Å². The highest BCUT2D eigenvalue weighted by atomic mass is 16.5. The molecule has 0 aliphatic heterocycles. The molecule has 0 aliphatic rings. The Bertz CT molecular complexity index is 430. The zero-order valence-electron chi connectivity index (χ0n) is 10.0. The number of nitrogens with zero attached hydrogens (tertiary/aromatic N) is 1. The van der Waals surface area contributed by atoms with Crippen LogP contribution in [0.2, 0.25) is 0 Å². The second-order valence-corrected chi connectivity index (χ2v) is 3.66. The van der Waals surface area contributed by atoms with E-state index in [4.69, 9.17) is 9.84 Å². The van der Waals surface area contributed by atoms with Crippen LogP contribution in [0.1, 0.15) is 6.92 Å². The summed E-state index contributed by atoms with van der Waals surface area (Å²) in [5.74, 6) is -2.05. The standard InChI is InChI=1S/C12H15NO4/c1-8(12(15)16)11(14)13(2)9-5-4-6-10(7-9)17-3/h4-8H,1-3H3,(H,15,16). The molecule has 92 valence electrons. The molecule has 1 amide bonds. The van der Waals surface area contributed by atoms with Gasteiger partial charge in [0.15, 0.2) is 0 Å². The van der Waals surface area contributed by atoms with Crippen molar-refractivity contribution >= 4 is 17.6 Å². The van der Waals surface area contributed by atoms with E-state index in [0.717, 1.165) is 0 Å². The predicted octanol–water partition coefficient (Wildman–Crippen LogP) is 1.38. The number of methoxy groups -OCH3 is 1. The van der Waals surface area contributed by atoms with Crippen molar-refractivity contribution in [1.82, 2.24) is 0 Å². The van der Waals surface area contributed by atoms with Gasteiger partial charge in [0.2, 0.25) is 5.91 Å². The van der Waals surface area contributed by atoms with Crippen LogP contribution in [0.4, 0.5) is 5.69 Å². The first-order valence-corrected chi connectivity index (χ1v) is 5.11. The van der Waals surface area contributed by atoms with Crippen molar-refractivity contribution in [3.05, 3.63) is 24.3 Å². The molecule has 1 rings (SSSR count). The van der Waals surface area contributed by atoms with Crippen molar-refractivity contribution in [1.29, 1.82) is 0 Å². The molecule has 5 nitrogen and oxygen atoms in total. The zero-order chi connectivity index (χ0) is 13.0. The van der Waals surface area contributed by atoms with Crippen LogP contribution in [0.25, 0.3) is 0 Å². The van der Waals surface area contributed by atoms with Crippen LogP contribution in [0.3, 0.4) is 0 Å². The fourth-order valence-corrected chi connectivity index (χ4v) is 1.34. The van der Waals surface area contributed by atoms with Crippen LogP contribution < -0.4 is 9.64 Å². The molecule has 0 aliphatic carbocycles. The summed E-state index contributed by atoms with van der Waals surface area (Å²) >= 11 is 0. The Kier molecular flexibility index (Phi) is 4.09. The quantitative estimate of drug-likeness (QED) is 0.803. The predicted molar refractivity (Wildman–Crippen MR) is 63.2 cm³/mol. The third kappa shape index (κ3) is 2.96. The molecule has 0 aromatic heterocycles. The van der Waals surface area contributed by atoms with Gasteiger partial charge in [-0.25, -0.2) is 0 Å². The third-order valence-electron chi connectivity index (χ3n) is 2.51. The summed E-state index contributed by atoms with van der Waals surface area (Å²) in [5.41, 5.74) is 0.599. The van der Waals surface area contributed by atoms with Gasteiger partial charge in [0.1, 0.15) is 11.7 Å². The summed E-state index contributed by atoms with van der Waals surface area (Å²) in [4.78, 5) is 23.8. The number of anilines is 1. The van der Waals surface area contributed by atoms with Crippen LogP contribution in [0.5, 0.6) is 5.75 Å². The monoisotopic (exact) mass is 237 g/mol. The lowest BCUT2D eigenvalue weighted by Gasteiger charge is -2.19. The molecule has 0 saturated carbocycles. The van der Waals surface area contributed by atoms with E-state index in [-0.39, 0.29) is 0 Å². The maximum atomic E-state index is 11.8. The van der Waals surface area contributed by atoms with Crippen molar-refractivity contribution in [2.24, 2.45) is 5.92 Å². The van der Waals surface area contributed by atoms with E-state index in [2.05, 4.69) is 0 Å². The second kappa shape index (κ2) is 5.34. The first kappa shape index (κ1) is 13.0. The molecule has 0 radical (unpaired) electrons. The minimum atomic E-state index is -1.13. The Hall–Kier alpha value is -2.04. The smallest absolute Gasteiger partial charge is 0.315 e. The van der Waals surface area contributed by atoms with Gasteiger partial charge in [-0.2, -0.15) is 0 Å². The lowest BCUT2D eigenvalue weighted by Crippen LogP contribution is -2.35. The van der Waals surface area contributed by atoms with Crippen LogP contribution >= 0.6 is 0 Å². The number of benzene rings is 1. The van der Waals surface area contributed by atoms with Gasteiger partial charge in [0.25, 0.3) is 0 Å². The molecule has 1 aromatic rings. The minimum absolute atomic E-state index is 0.467. The number of carboxylic acid groups (broad SMARTS) is 1. The van der Waals surface area contributed by atoms with Gasteiger partial charge in [-0.1, -0.05) is 6.07 Å². The Morgan fingerprint density at radius 3 is 2.59 bits per heavy atom. The van der Waals surface area contributed by atoms with Crippen LogP contribution in [0, 0.1) is 5.92 Å². The molecule has 17 heavy (non-hydrogen) atoms. The van der Waals surface area contributed by atoms with Crippen LogP contribution in [-0.2, 0) is 9.59 Å². The Morgan fingerprint density at radius 2 is 2.06 bits per heavy atom. The van der Waals surface area contributed by atoms with E-state index in [1.807, 2.05) is 0 Å². The lowest BCUT2D eigenvalue weighted by atomic mass is 10.1. The maximum Gasteiger partial charge on any atom is 0.315 e. The number of carbonyl (C=O) groups is 2. The number of aliphatic carboxylic acids is 1. The number of rotatable bonds is 4. The van der Waals surface area contributed by atoms with Gasteiger partial charge in [-0.15, -0.1) is 0 Å². The van der Waals surface area contributed by atoms with E-state index < -0.39 is 17.8 Å². The topological polar surface area (TPSA) is 66.8 Å². The number of hydrogen-bond donors (Lipinski definition) is 1. The van der Waals surface area contributed by atoms with Gasteiger partial charge in [-0.05, 0) is 19.1 Å². The molecule has 1 N–H and O–H groups in total. The highest BCUT2D eigenvalue weighted by molar-refractivity contribution is 6.05. The van der Waals surface area contributed by atoms with Gasteiger partial charge in [0.05, 0.1) is 7.11 Å². The van der Waals surface area contributed by atoms with Crippen molar-refractivity contribution in [2.45, 2.75) is 6.92 Å². The van der Waals surface area contributed by atoms with Gasteiger partial charge in [-0.3, -0.25) is 9.59 Å². The van der Waals surface area contributed by atoms with E-state index in [1.54, 1.807) is 24.3 Å². The molecule has 0 spiro atoms. The normalized spacial score (nSPS) is 11.7. The maximum absolute atomic E-state index is 11.8. The Morgan fingerprint density at radius 1 is 1.41 bits per heavy atom. The van der Waals surface area contributed by atoms with E-state index in [0.29, 0.717) is 11.4 Å². The first-order valence-electron chi connectivity index (χ1n) is 5.11. The Balaban J connectivity index is 2.92. The third-order valence-corrected chi connectivity index (χ3v) is 2.51. The molecule has 5 heteroatoms. The van der Waals surface area contributed by atoms with Crippen LogP contribution in [-0.4, -0.2) is 31.1 Å². The summed E-state index contributed by atoms with van der Waals surface area (Å²) < 4.78 is 5.04. The fourth-order valence-electron chi connectivity index (χ4n) is 1.34. The molecule has 0 fully saturated rings. The summed E-state index contributed by atoms with van der Waals surface area (Å²) in [5, 5.41) is 8.78. The average molecular weight is 237 g/mol. The number of carbonyl (C=O) groups excluding carboxylic acids is 1. The molecule has 1 aromatic carbocycles.